The van der Waals surface area contributed by atoms with Crippen LogP contribution in [0.15, 0.2) is 48.3 Å². The maximum absolute atomic E-state index is 12.3. The fraction of sp³-hybridized carbons (Fsp3) is 0.400. The first kappa shape index (κ1) is 29.1. The van der Waals surface area contributed by atoms with Crippen molar-refractivity contribution in [1.82, 2.24) is 4.98 Å². The molecule has 0 amide bonds. The highest BCUT2D eigenvalue weighted by atomic mass is 35.5. The summed E-state index contributed by atoms with van der Waals surface area (Å²) in [6.45, 7) is 9.34. The average molecular weight is 540 g/mol. The number of halogens is 1. The van der Waals surface area contributed by atoms with Gasteiger partial charge in [-0.1, -0.05) is 56.2 Å². The lowest BCUT2D eigenvalue weighted by Gasteiger charge is -2.42. The molecule has 7 nitrogen and oxygen atoms in total. The number of aldehydes is 1. The van der Waals surface area contributed by atoms with Crippen molar-refractivity contribution in [3.05, 3.63) is 75.6 Å². The number of phenols is 1. The molecule has 8 heteroatoms. The fourth-order valence-corrected chi connectivity index (χ4v) is 4.94. The number of allylic oxidation sites excluding steroid dienone is 4. The summed E-state index contributed by atoms with van der Waals surface area (Å²) in [6, 6.07) is 3.18. The van der Waals surface area contributed by atoms with Crippen LogP contribution in [0.3, 0.4) is 0 Å². The molecule has 0 bridgehead atoms. The van der Waals surface area contributed by atoms with Crippen LogP contribution in [0.1, 0.15) is 72.4 Å². The number of benzene rings is 1. The molecular formula is C30H34ClNO6. The second-order valence-corrected chi connectivity index (χ2v) is 10.4. The van der Waals surface area contributed by atoms with Crippen LogP contribution in [0.2, 0.25) is 5.02 Å². The lowest BCUT2D eigenvalue weighted by atomic mass is 9.61. The molecule has 3 unspecified atom stereocenters. The number of hydrogen-bond acceptors (Lipinski definition) is 7. The molecule has 0 saturated heterocycles. The van der Waals surface area contributed by atoms with E-state index in [0.29, 0.717) is 29.8 Å². The maximum atomic E-state index is 12.3. The Morgan fingerprint density at radius 2 is 2.08 bits per heavy atom. The first-order valence-electron chi connectivity index (χ1n) is 12.6. The van der Waals surface area contributed by atoms with E-state index in [9.17, 15) is 19.5 Å². The highest BCUT2D eigenvalue weighted by molar-refractivity contribution is 6.33. The van der Waals surface area contributed by atoms with E-state index in [1.165, 1.54) is 6.20 Å². The van der Waals surface area contributed by atoms with Crippen LogP contribution in [0, 0.1) is 24.2 Å². The molecule has 1 aliphatic carbocycles. The Balaban J connectivity index is 1.84. The normalized spacial score (nSPS) is 21.9. The zero-order valence-corrected chi connectivity index (χ0v) is 23.2. The fourth-order valence-electron chi connectivity index (χ4n) is 4.67. The van der Waals surface area contributed by atoms with Crippen LogP contribution < -0.4 is 4.74 Å². The van der Waals surface area contributed by atoms with Gasteiger partial charge in [0.1, 0.15) is 17.3 Å². The molecule has 1 aliphatic rings. The van der Waals surface area contributed by atoms with Crippen LogP contribution in [0.4, 0.5) is 0 Å². The van der Waals surface area contributed by atoms with Crippen molar-refractivity contribution in [2.75, 3.05) is 6.79 Å². The molecule has 0 radical (unpaired) electrons. The van der Waals surface area contributed by atoms with Crippen molar-refractivity contribution < 1.29 is 29.0 Å². The minimum Gasteiger partial charge on any atom is -0.507 e. The molecule has 1 saturated carbocycles. The summed E-state index contributed by atoms with van der Waals surface area (Å²) in [6.07, 6.45) is 11.1. The second kappa shape index (κ2) is 12.4. The van der Waals surface area contributed by atoms with Crippen molar-refractivity contribution in [1.29, 1.82) is 0 Å². The summed E-state index contributed by atoms with van der Waals surface area (Å²) < 4.78 is 10.9. The Hall–Kier alpha value is -3.45. The van der Waals surface area contributed by atoms with E-state index in [2.05, 4.69) is 24.9 Å². The first-order chi connectivity index (χ1) is 18.0. The Bertz CT molecular complexity index is 1270. The van der Waals surface area contributed by atoms with Gasteiger partial charge in [-0.2, -0.15) is 0 Å². The Morgan fingerprint density at radius 3 is 2.74 bits per heavy atom. The summed E-state index contributed by atoms with van der Waals surface area (Å²) in [5.74, 6) is -0.158. The zero-order chi connectivity index (χ0) is 28.0. The molecule has 1 aromatic carbocycles. The van der Waals surface area contributed by atoms with Crippen molar-refractivity contribution in [3.63, 3.8) is 0 Å². The molecule has 0 aliphatic heterocycles. The number of nitrogens with zero attached hydrogens (tertiary/aromatic N) is 1. The summed E-state index contributed by atoms with van der Waals surface area (Å²) >= 11 is 6.52. The number of carbonyl (C=O) groups excluding carboxylic acids is 3. The van der Waals surface area contributed by atoms with Gasteiger partial charge in [0.05, 0.1) is 16.1 Å². The van der Waals surface area contributed by atoms with Crippen molar-refractivity contribution in [2.45, 2.75) is 53.9 Å². The molecule has 0 spiro atoms. The van der Waals surface area contributed by atoms with E-state index < -0.39 is 12.8 Å². The SMILES string of the molecule is CC(/C=C/C1(C)C(C)CCC(=O)C1C)=C\Cc1c(O)c(C=O)c(C)c(Cl)c1OCOC(=O)c1cccnc1. The third kappa shape index (κ3) is 6.16. The molecular weight excluding hydrogens is 506 g/mol. The summed E-state index contributed by atoms with van der Waals surface area (Å²) in [5.41, 5.74) is 1.64. The van der Waals surface area contributed by atoms with Crippen LogP contribution in [-0.4, -0.2) is 34.9 Å². The van der Waals surface area contributed by atoms with Crippen molar-refractivity contribution in [3.8, 4) is 11.5 Å². The summed E-state index contributed by atoms with van der Waals surface area (Å²) in [4.78, 5) is 40.1. The number of carbonyl (C=O) groups is 3. The molecule has 1 N–H and O–H groups in total. The molecule has 3 rings (SSSR count). The van der Waals surface area contributed by atoms with E-state index in [4.69, 9.17) is 21.1 Å². The van der Waals surface area contributed by atoms with Crippen LogP contribution in [-0.2, 0) is 16.0 Å². The number of aromatic hydroxyl groups is 1. The monoisotopic (exact) mass is 539 g/mol. The molecule has 2 aromatic rings. The number of pyridine rings is 1. The largest absolute Gasteiger partial charge is 0.507 e. The molecule has 1 aromatic heterocycles. The van der Waals surface area contributed by atoms with E-state index in [-0.39, 0.29) is 51.2 Å². The van der Waals surface area contributed by atoms with Gasteiger partial charge < -0.3 is 14.6 Å². The average Bonchev–Trinajstić information content (AvgIpc) is 2.91. The standard InChI is InChI=1S/C30H34ClNO6/c1-18(12-13-30(5)19(2)9-11-25(34)21(30)4)8-10-23-27(35)24(16-33)20(3)26(31)28(23)37-17-38-29(36)22-7-6-14-32-15-22/h6-8,12-16,19,21,35H,9-11,17H2,1-5H3/b13-12+,18-8+. The van der Waals surface area contributed by atoms with E-state index in [1.54, 1.807) is 25.3 Å². The lowest BCUT2D eigenvalue weighted by molar-refractivity contribution is -0.129. The van der Waals surface area contributed by atoms with E-state index >= 15 is 0 Å². The third-order valence-electron chi connectivity index (χ3n) is 7.79. The molecule has 3 atom stereocenters. The smallest absolute Gasteiger partial charge is 0.342 e. The quantitative estimate of drug-likeness (QED) is 0.169. The van der Waals surface area contributed by atoms with Gasteiger partial charge in [0.15, 0.2) is 6.29 Å². The number of phenolic OH excluding ortho intramolecular Hbond substituents is 1. The molecule has 1 fully saturated rings. The van der Waals surface area contributed by atoms with Crippen LogP contribution >= 0.6 is 11.6 Å². The van der Waals surface area contributed by atoms with Gasteiger partial charge in [-0.25, -0.2) is 4.79 Å². The predicted octanol–water partition coefficient (Wildman–Crippen LogP) is 6.44. The summed E-state index contributed by atoms with van der Waals surface area (Å²) in [7, 11) is 0. The molecule has 38 heavy (non-hydrogen) atoms. The number of ether oxygens (including phenoxy) is 2. The number of ketones is 1. The van der Waals surface area contributed by atoms with Gasteiger partial charge in [0, 0.05) is 30.3 Å². The van der Waals surface area contributed by atoms with Gasteiger partial charge >= 0.3 is 5.97 Å². The van der Waals surface area contributed by atoms with Crippen molar-refractivity contribution in [2.24, 2.45) is 17.3 Å². The Labute approximate surface area is 228 Å². The highest BCUT2D eigenvalue weighted by Gasteiger charge is 2.41. The third-order valence-corrected chi connectivity index (χ3v) is 8.25. The number of hydrogen-bond donors (Lipinski definition) is 1. The number of esters is 1. The van der Waals surface area contributed by atoms with Gasteiger partial charge in [0.25, 0.3) is 0 Å². The highest BCUT2D eigenvalue weighted by Crippen LogP contribution is 2.45. The second-order valence-electron chi connectivity index (χ2n) is 10.0. The maximum Gasteiger partial charge on any atom is 0.342 e. The predicted molar refractivity (Wildman–Crippen MR) is 146 cm³/mol. The number of rotatable bonds is 9. The molecule has 202 valence electrons. The van der Waals surface area contributed by atoms with E-state index in [1.807, 2.05) is 26.0 Å². The lowest BCUT2D eigenvalue weighted by Crippen LogP contribution is -2.40. The zero-order valence-electron chi connectivity index (χ0n) is 22.4. The van der Waals surface area contributed by atoms with Crippen LogP contribution in [0.25, 0.3) is 0 Å². The molecule has 1 heterocycles. The van der Waals surface area contributed by atoms with Gasteiger partial charge in [-0.15, -0.1) is 0 Å². The first-order valence-corrected chi connectivity index (χ1v) is 13.0. The van der Waals surface area contributed by atoms with E-state index in [0.717, 1.165) is 12.0 Å². The minimum absolute atomic E-state index is 0.0696. The Morgan fingerprint density at radius 1 is 1.34 bits per heavy atom. The van der Waals surface area contributed by atoms with Gasteiger partial charge in [0.2, 0.25) is 6.79 Å². The minimum atomic E-state index is -0.625. The topological polar surface area (TPSA) is 103 Å². The van der Waals surface area contributed by atoms with Crippen molar-refractivity contribution >= 4 is 29.6 Å². The van der Waals surface area contributed by atoms with Gasteiger partial charge in [-0.05, 0) is 55.7 Å². The number of aromatic nitrogens is 1. The summed E-state index contributed by atoms with van der Waals surface area (Å²) in [5, 5.41) is 11.0. The number of Topliss-reactive ketones (excluding diaryl/α,β-unsaturated/α-hetero) is 1. The van der Waals surface area contributed by atoms with Crippen LogP contribution in [0.5, 0.6) is 11.5 Å². The Kier molecular flexibility index (Phi) is 9.50. The van der Waals surface area contributed by atoms with Gasteiger partial charge in [-0.3, -0.25) is 14.6 Å².